The van der Waals surface area contributed by atoms with Crippen molar-refractivity contribution >= 4 is 5.91 Å². The van der Waals surface area contributed by atoms with Crippen LogP contribution in [0.15, 0.2) is 48.5 Å². The van der Waals surface area contributed by atoms with Crippen molar-refractivity contribution in [1.82, 2.24) is 10.6 Å². The third kappa shape index (κ3) is 5.08. The normalized spacial score (nSPS) is 27.9. The molecule has 6 nitrogen and oxygen atoms in total. The Morgan fingerprint density at radius 2 is 1.62 bits per heavy atom. The van der Waals surface area contributed by atoms with E-state index in [4.69, 9.17) is 9.47 Å². The van der Waals surface area contributed by atoms with E-state index < -0.39 is 6.10 Å². The third-order valence-electron chi connectivity index (χ3n) is 8.01. The van der Waals surface area contributed by atoms with Gasteiger partial charge in [-0.05, 0) is 74.0 Å². The second kappa shape index (κ2) is 10.4. The van der Waals surface area contributed by atoms with Gasteiger partial charge in [-0.2, -0.15) is 0 Å². The summed E-state index contributed by atoms with van der Waals surface area (Å²) in [6, 6.07) is 15.3. The minimum absolute atomic E-state index is 0.150. The number of nitrogens with one attached hydrogen (secondary N) is 2. The van der Waals surface area contributed by atoms with Crippen LogP contribution in [0.3, 0.4) is 0 Å². The molecule has 34 heavy (non-hydrogen) atoms. The van der Waals surface area contributed by atoms with E-state index in [1.165, 1.54) is 32.1 Å². The van der Waals surface area contributed by atoms with Gasteiger partial charge in [0.15, 0.2) is 0 Å². The molecule has 2 aromatic rings. The third-order valence-corrected chi connectivity index (χ3v) is 8.01. The molecule has 1 unspecified atom stereocenters. The molecule has 2 aromatic carbocycles. The van der Waals surface area contributed by atoms with E-state index in [-0.39, 0.29) is 12.5 Å². The van der Waals surface area contributed by atoms with Crippen LogP contribution < -0.4 is 20.1 Å². The molecule has 0 heterocycles. The lowest BCUT2D eigenvalue weighted by Crippen LogP contribution is -2.55. The molecule has 4 bridgehead atoms. The number of aliphatic hydroxyl groups excluding tert-OH is 1. The topological polar surface area (TPSA) is 79.8 Å². The number of rotatable bonds is 10. The smallest absolute Gasteiger partial charge is 0.255 e. The summed E-state index contributed by atoms with van der Waals surface area (Å²) in [5, 5.41) is 17.2. The van der Waals surface area contributed by atoms with Crippen molar-refractivity contribution in [2.24, 2.45) is 23.7 Å². The van der Waals surface area contributed by atoms with Crippen LogP contribution in [0.1, 0.15) is 48.0 Å². The quantitative estimate of drug-likeness (QED) is 0.499. The molecule has 3 N–H and O–H groups in total. The molecular formula is C28H36N2O4. The number of aliphatic hydroxyl groups is 1. The van der Waals surface area contributed by atoms with Gasteiger partial charge in [0, 0.05) is 24.7 Å². The van der Waals surface area contributed by atoms with Gasteiger partial charge in [0.25, 0.3) is 5.91 Å². The zero-order valence-corrected chi connectivity index (χ0v) is 19.9. The minimum Gasteiger partial charge on any atom is -0.496 e. The Labute approximate surface area is 202 Å². The van der Waals surface area contributed by atoms with Gasteiger partial charge >= 0.3 is 0 Å². The minimum atomic E-state index is -0.623. The summed E-state index contributed by atoms with van der Waals surface area (Å²) >= 11 is 0. The number of para-hydroxylation sites is 2. The number of benzene rings is 2. The average Bonchev–Trinajstić information content (AvgIpc) is 2.85. The molecule has 182 valence electrons. The second-order valence-corrected chi connectivity index (χ2v) is 10.3. The lowest BCUT2D eigenvalue weighted by Gasteiger charge is -2.54. The van der Waals surface area contributed by atoms with E-state index in [0.29, 0.717) is 30.4 Å². The highest BCUT2D eigenvalue weighted by molar-refractivity contribution is 5.96. The number of carbonyl (C=O) groups is 1. The summed E-state index contributed by atoms with van der Waals surface area (Å²) in [4.78, 5) is 12.9. The van der Waals surface area contributed by atoms with Gasteiger partial charge in [0.2, 0.25) is 0 Å². The van der Waals surface area contributed by atoms with E-state index in [2.05, 4.69) is 10.6 Å². The Kier molecular flexibility index (Phi) is 7.07. The molecule has 0 spiro atoms. The number of hydrogen-bond donors (Lipinski definition) is 3. The van der Waals surface area contributed by atoms with E-state index in [0.717, 1.165) is 35.0 Å². The number of hydrogen-bond acceptors (Lipinski definition) is 5. The van der Waals surface area contributed by atoms with Crippen molar-refractivity contribution in [3.05, 3.63) is 59.7 Å². The van der Waals surface area contributed by atoms with E-state index in [1.54, 1.807) is 19.2 Å². The predicted molar refractivity (Wildman–Crippen MR) is 131 cm³/mol. The van der Waals surface area contributed by atoms with E-state index >= 15 is 0 Å². The van der Waals surface area contributed by atoms with Crippen LogP contribution in [0.4, 0.5) is 0 Å². The maximum atomic E-state index is 12.9. The predicted octanol–water partition coefficient (Wildman–Crippen LogP) is 3.78. The molecule has 1 amide bonds. The Morgan fingerprint density at radius 1 is 0.971 bits per heavy atom. The van der Waals surface area contributed by atoms with Crippen LogP contribution in [-0.2, 0) is 6.54 Å². The molecule has 6 heteroatoms. The Morgan fingerprint density at radius 3 is 2.32 bits per heavy atom. The fraction of sp³-hybridized carbons (Fsp3) is 0.536. The largest absolute Gasteiger partial charge is 0.496 e. The summed E-state index contributed by atoms with van der Waals surface area (Å²) in [5.41, 5.74) is 1.36. The zero-order valence-electron chi connectivity index (χ0n) is 19.9. The lowest BCUT2D eigenvalue weighted by atomic mass is 9.54. The Bertz CT molecular complexity index is 966. The fourth-order valence-electron chi connectivity index (χ4n) is 6.68. The maximum Gasteiger partial charge on any atom is 0.255 e. The zero-order chi connectivity index (χ0) is 23.5. The molecule has 6 rings (SSSR count). The summed E-state index contributed by atoms with van der Waals surface area (Å²) in [6.07, 6.45) is 6.25. The monoisotopic (exact) mass is 464 g/mol. The van der Waals surface area contributed by atoms with Gasteiger partial charge in [-0.1, -0.05) is 30.3 Å². The van der Waals surface area contributed by atoms with Crippen LogP contribution >= 0.6 is 0 Å². The Hall–Kier alpha value is -2.57. The molecule has 0 saturated heterocycles. The number of methoxy groups -OCH3 is 1. The highest BCUT2D eigenvalue weighted by Crippen LogP contribution is 2.53. The molecular weight excluding hydrogens is 428 g/mol. The summed E-state index contributed by atoms with van der Waals surface area (Å²) in [5.74, 6) is 4.44. The Balaban J connectivity index is 1.12. The molecule has 4 fully saturated rings. The van der Waals surface area contributed by atoms with Crippen molar-refractivity contribution in [2.75, 3.05) is 20.3 Å². The van der Waals surface area contributed by atoms with Gasteiger partial charge in [0.05, 0.1) is 12.7 Å². The first-order valence-corrected chi connectivity index (χ1v) is 12.6. The number of amides is 1. The first kappa shape index (κ1) is 23.2. The van der Waals surface area contributed by atoms with E-state index in [1.807, 2.05) is 36.4 Å². The van der Waals surface area contributed by atoms with Crippen LogP contribution in [0.5, 0.6) is 11.5 Å². The van der Waals surface area contributed by atoms with Gasteiger partial charge in [-0.15, -0.1) is 0 Å². The number of carbonyl (C=O) groups excluding carboxylic acids is 1. The maximum absolute atomic E-state index is 12.9. The first-order valence-electron chi connectivity index (χ1n) is 12.6. The molecule has 4 aliphatic rings. The van der Waals surface area contributed by atoms with Crippen molar-refractivity contribution in [1.29, 1.82) is 0 Å². The van der Waals surface area contributed by atoms with Crippen molar-refractivity contribution < 1.29 is 19.4 Å². The highest BCUT2D eigenvalue weighted by Gasteiger charge is 2.47. The standard InChI is InChI=1S/C28H36N2O4/c1-33-25-8-4-2-6-20(25)15-30-28(32)24-7-3-5-9-26(24)34-17-23(31)16-29-27-21-11-18-10-19(13-21)14-22(27)12-18/h2-9,18-19,21-23,27,29,31H,10-17H2,1H3,(H,30,32). The first-order chi connectivity index (χ1) is 16.6. The fourth-order valence-corrected chi connectivity index (χ4v) is 6.68. The van der Waals surface area contributed by atoms with Crippen LogP contribution in [0.25, 0.3) is 0 Å². The van der Waals surface area contributed by atoms with Gasteiger partial charge < -0.3 is 25.2 Å². The lowest BCUT2D eigenvalue weighted by molar-refractivity contribution is -0.0189. The summed E-state index contributed by atoms with van der Waals surface area (Å²) < 4.78 is 11.3. The molecule has 4 aliphatic carbocycles. The molecule has 1 atom stereocenters. The van der Waals surface area contributed by atoms with Gasteiger partial charge in [0.1, 0.15) is 24.2 Å². The molecule has 0 radical (unpaired) electrons. The van der Waals surface area contributed by atoms with Crippen LogP contribution in [-0.4, -0.2) is 43.4 Å². The number of ether oxygens (including phenoxy) is 2. The van der Waals surface area contributed by atoms with Crippen LogP contribution in [0.2, 0.25) is 0 Å². The summed E-state index contributed by atoms with van der Waals surface area (Å²) in [7, 11) is 1.62. The van der Waals surface area contributed by atoms with Crippen molar-refractivity contribution in [2.45, 2.75) is 50.8 Å². The van der Waals surface area contributed by atoms with Gasteiger partial charge in [-0.25, -0.2) is 0 Å². The summed E-state index contributed by atoms with van der Waals surface area (Å²) in [6.45, 7) is 1.03. The van der Waals surface area contributed by atoms with Gasteiger partial charge in [-0.3, -0.25) is 4.79 Å². The SMILES string of the molecule is COc1ccccc1CNC(=O)c1ccccc1OCC(O)CNC1C2CC3CC(C2)CC1C3. The van der Waals surface area contributed by atoms with Crippen molar-refractivity contribution in [3.63, 3.8) is 0 Å². The van der Waals surface area contributed by atoms with E-state index in [9.17, 15) is 9.90 Å². The molecule has 4 saturated carbocycles. The molecule has 0 aliphatic heterocycles. The molecule has 0 aromatic heterocycles. The highest BCUT2D eigenvalue weighted by atomic mass is 16.5. The van der Waals surface area contributed by atoms with Crippen molar-refractivity contribution in [3.8, 4) is 11.5 Å². The van der Waals surface area contributed by atoms with Crippen LogP contribution in [0, 0.1) is 23.7 Å². The average molecular weight is 465 g/mol. The second-order valence-electron chi connectivity index (χ2n) is 10.3.